The number of fused-ring (bicyclic) bond motifs is 1. The fourth-order valence-corrected chi connectivity index (χ4v) is 3.97. The zero-order valence-corrected chi connectivity index (χ0v) is 18.4. The molecule has 1 fully saturated rings. The smallest absolute Gasteiger partial charge is 0.274 e. The molecular weight excluding hydrogens is 428 g/mol. The average molecular weight is 454 g/mol. The highest BCUT2D eigenvalue weighted by Crippen LogP contribution is 2.31. The highest BCUT2D eigenvalue weighted by molar-refractivity contribution is 5.92. The van der Waals surface area contributed by atoms with Crippen molar-refractivity contribution in [2.75, 3.05) is 44.6 Å². The molecule has 2 heterocycles. The summed E-state index contributed by atoms with van der Waals surface area (Å²) in [5.41, 5.74) is 0.852. The van der Waals surface area contributed by atoms with Crippen LogP contribution in [0.15, 0.2) is 42.5 Å². The van der Waals surface area contributed by atoms with Crippen molar-refractivity contribution in [2.45, 2.75) is 19.4 Å². The quantitative estimate of drug-likeness (QED) is 0.526. The van der Waals surface area contributed by atoms with Gasteiger partial charge < -0.3 is 19.7 Å². The van der Waals surface area contributed by atoms with E-state index in [2.05, 4.69) is 10.2 Å². The molecule has 1 atom stereocenters. The van der Waals surface area contributed by atoms with E-state index in [-0.39, 0.29) is 30.5 Å². The predicted octanol–water partition coefficient (Wildman–Crippen LogP) is 2.22. The van der Waals surface area contributed by atoms with Gasteiger partial charge in [-0.3, -0.25) is 24.6 Å². The van der Waals surface area contributed by atoms with Crippen molar-refractivity contribution in [1.29, 1.82) is 0 Å². The molecule has 2 aliphatic heterocycles. The number of hydrogen-bond donors (Lipinski definition) is 1. The van der Waals surface area contributed by atoms with Gasteiger partial charge in [0.2, 0.25) is 12.0 Å². The van der Waals surface area contributed by atoms with E-state index in [4.69, 9.17) is 9.47 Å². The minimum absolute atomic E-state index is 0.0237. The molecule has 2 aromatic carbocycles. The first-order valence-corrected chi connectivity index (χ1v) is 10.9. The summed E-state index contributed by atoms with van der Waals surface area (Å²) in [4.78, 5) is 39.7. The Kier molecular flexibility index (Phi) is 6.74. The number of nitrogens with zero attached hydrogens (tertiary/aromatic N) is 3. The van der Waals surface area contributed by atoms with Crippen LogP contribution >= 0.6 is 0 Å². The summed E-state index contributed by atoms with van der Waals surface area (Å²) in [7, 11) is 0. The number of nitro benzene ring substituents is 1. The van der Waals surface area contributed by atoms with Crippen LogP contribution in [-0.2, 0) is 9.59 Å². The fourth-order valence-electron chi connectivity index (χ4n) is 3.97. The number of hydrogen-bond acceptors (Lipinski definition) is 7. The molecule has 10 nitrogen and oxygen atoms in total. The molecule has 1 saturated heterocycles. The molecular formula is C23H26N4O6. The monoisotopic (exact) mass is 454 g/mol. The van der Waals surface area contributed by atoms with Gasteiger partial charge in [-0.05, 0) is 25.1 Å². The van der Waals surface area contributed by atoms with E-state index in [1.807, 2.05) is 18.2 Å². The summed E-state index contributed by atoms with van der Waals surface area (Å²) >= 11 is 0. The molecule has 0 saturated carbocycles. The van der Waals surface area contributed by atoms with Crippen molar-refractivity contribution < 1.29 is 24.0 Å². The van der Waals surface area contributed by atoms with Crippen molar-refractivity contribution in [2.24, 2.45) is 0 Å². The Hall–Kier alpha value is -3.66. The lowest BCUT2D eigenvalue weighted by molar-refractivity contribution is -0.385. The molecule has 1 N–H and O–H groups in total. The Morgan fingerprint density at radius 1 is 1.09 bits per heavy atom. The van der Waals surface area contributed by atoms with Crippen LogP contribution in [0.2, 0.25) is 0 Å². The van der Waals surface area contributed by atoms with Gasteiger partial charge in [0.05, 0.1) is 16.2 Å². The SMILES string of the molecule is Cc1c(NC(=O)CCN2CCN(C(=O)C3COc4ccccc4O3)CC2)cccc1[N+](=O)[O-]. The number of piperazine rings is 1. The molecule has 1 unspecified atom stereocenters. The summed E-state index contributed by atoms with van der Waals surface area (Å²) in [5.74, 6) is 0.919. The molecule has 33 heavy (non-hydrogen) atoms. The number of anilines is 1. The number of benzene rings is 2. The third-order valence-electron chi connectivity index (χ3n) is 5.90. The highest BCUT2D eigenvalue weighted by atomic mass is 16.6. The molecule has 2 amide bonds. The summed E-state index contributed by atoms with van der Waals surface area (Å²) in [6.45, 7) is 4.74. The van der Waals surface area contributed by atoms with Gasteiger partial charge in [0.15, 0.2) is 11.5 Å². The summed E-state index contributed by atoms with van der Waals surface area (Å²) in [6, 6.07) is 11.9. The normalized spacial score (nSPS) is 18.0. The number of para-hydroxylation sites is 2. The summed E-state index contributed by atoms with van der Waals surface area (Å²) in [5, 5.41) is 13.8. The third-order valence-corrected chi connectivity index (χ3v) is 5.90. The van der Waals surface area contributed by atoms with E-state index in [1.165, 1.54) is 6.07 Å². The Morgan fingerprint density at radius 2 is 1.82 bits per heavy atom. The van der Waals surface area contributed by atoms with Crippen LogP contribution in [0, 0.1) is 17.0 Å². The van der Waals surface area contributed by atoms with Gasteiger partial charge in [-0.25, -0.2) is 0 Å². The molecule has 10 heteroatoms. The Labute approximate surface area is 191 Å². The minimum Gasteiger partial charge on any atom is -0.485 e. The van der Waals surface area contributed by atoms with E-state index >= 15 is 0 Å². The Bertz CT molecular complexity index is 1050. The van der Waals surface area contributed by atoms with Gasteiger partial charge in [0, 0.05) is 45.2 Å². The molecule has 0 aliphatic carbocycles. The van der Waals surface area contributed by atoms with Crippen LogP contribution in [-0.4, -0.2) is 72.0 Å². The van der Waals surface area contributed by atoms with Crippen molar-refractivity contribution in [3.63, 3.8) is 0 Å². The van der Waals surface area contributed by atoms with Crippen LogP contribution in [0.1, 0.15) is 12.0 Å². The fraction of sp³-hybridized carbons (Fsp3) is 0.391. The number of ether oxygens (including phenoxy) is 2. The number of carbonyl (C=O) groups excluding carboxylic acids is 2. The largest absolute Gasteiger partial charge is 0.485 e. The molecule has 174 valence electrons. The van der Waals surface area contributed by atoms with Gasteiger partial charge in [0.25, 0.3) is 11.6 Å². The van der Waals surface area contributed by atoms with Gasteiger partial charge in [-0.15, -0.1) is 0 Å². The van der Waals surface area contributed by atoms with E-state index in [9.17, 15) is 19.7 Å². The van der Waals surface area contributed by atoms with Crippen LogP contribution in [0.25, 0.3) is 0 Å². The maximum atomic E-state index is 12.8. The lowest BCUT2D eigenvalue weighted by atomic mass is 10.1. The van der Waals surface area contributed by atoms with Gasteiger partial charge in [0.1, 0.15) is 6.61 Å². The maximum absolute atomic E-state index is 12.8. The molecule has 2 aromatic rings. The van der Waals surface area contributed by atoms with Crippen LogP contribution in [0.3, 0.4) is 0 Å². The molecule has 4 rings (SSSR count). The molecule has 0 aromatic heterocycles. The van der Waals surface area contributed by atoms with Crippen LogP contribution in [0.4, 0.5) is 11.4 Å². The first-order chi connectivity index (χ1) is 15.9. The first-order valence-electron chi connectivity index (χ1n) is 10.9. The second kappa shape index (κ2) is 9.86. The molecule has 2 aliphatic rings. The maximum Gasteiger partial charge on any atom is 0.274 e. The minimum atomic E-state index is -0.657. The van der Waals surface area contributed by atoms with Crippen molar-refractivity contribution >= 4 is 23.2 Å². The van der Waals surface area contributed by atoms with Crippen molar-refractivity contribution in [1.82, 2.24) is 9.80 Å². The zero-order chi connectivity index (χ0) is 23.4. The standard InChI is InChI=1S/C23H26N4O6/c1-16-17(5-4-6-18(16)27(30)31)24-22(28)9-10-25-11-13-26(14-12-25)23(29)21-15-32-19-7-2-3-8-20(19)33-21/h2-8,21H,9-15H2,1H3,(H,24,28). The molecule has 0 bridgehead atoms. The Balaban J connectivity index is 1.22. The van der Waals surface area contributed by atoms with E-state index in [0.717, 1.165) is 0 Å². The van der Waals surface area contributed by atoms with Crippen LogP contribution < -0.4 is 14.8 Å². The van der Waals surface area contributed by atoms with Gasteiger partial charge >= 0.3 is 0 Å². The van der Waals surface area contributed by atoms with Gasteiger partial charge in [-0.1, -0.05) is 18.2 Å². The second-order valence-corrected chi connectivity index (χ2v) is 8.04. The number of nitro groups is 1. The third kappa shape index (κ3) is 5.23. The number of rotatable bonds is 6. The number of amides is 2. The van der Waals surface area contributed by atoms with E-state index in [1.54, 1.807) is 30.0 Å². The van der Waals surface area contributed by atoms with Crippen molar-refractivity contribution in [3.8, 4) is 11.5 Å². The first kappa shape index (κ1) is 22.5. The predicted molar refractivity (Wildman–Crippen MR) is 120 cm³/mol. The topological polar surface area (TPSA) is 114 Å². The number of carbonyl (C=O) groups is 2. The lowest BCUT2D eigenvalue weighted by Crippen LogP contribution is -2.54. The Morgan fingerprint density at radius 3 is 2.55 bits per heavy atom. The molecule has 0 spiro atoms. The zero-order valence-electron chi connectivity index (χ0n) is 18.4. The summed E-state index contributed by atoms with van der Waals surface area (Å²) < 4.78 is 11.5. The highest BCUT2D eigenvalue weighted by Gasteiger charge is 2.32. The van der Waals surface area contributed by atoms with E-state index in [0.29, 0.717) is 55.5 Å². The van der Waals surface area contributed by atoms with Crippen LogP contribution in [0.5, 0.6) is 11.5 Å². The second-order valence-electron chi connectivity index (χ2n) is 8.04. The summed E-state index contributed by atoms with van der Waals surface area (Å²) in [6.07, 6.45) is -0.401. The number of nitrogens with one attached hydrogen (secondary N) is 1. The lowest BCUT2D eigenvalue weighted by Gasteiger charge is -2.37. The van der Waals surface area contributed by atoms with E-state index < -0.39 is 11.0 Å². The van der Waals surface area contributed by atoms with Crippen molar-refractivity contribution in [3.05, 3.63) is 58.1 Å². The van der Waals surface area contributed by atoms with Gasteiger partial charge in [-0.2, -0.15) is 0 Å². The average Bonchev–Trinajstić information content (AvgIpc) is 2.83. The molecule has 0 radical (unpaired) electrons.